The number of likely N-dealkylation sites (tertiary alicyclic amines) is 1. The molecule has 2 saturated heterocycles. The van der Waals surface area contributed by atoms with E-state index in [9.17, 15) is 0 Å². The molecule has 3 fully saturated rings. The number of rotatable bonds is 2. The van der Waals surface area contributed by atoms with Gasteiger partial charge in [-0.05, 0) is 48.1 Å². The summed E-state index contributed by atoms with van der Waals surface area (Å²) in [5, 5.41) is 3.67. The van der Waals surface area contributed by atoms with E-state index in [0.717, 1.165) is 56.6 Å². The Morgan fingerprint density at radius 3 is 3.12 bits per heavy atom. The fourth-order valence-corrected chi connectivity index (χ4v) is 5.39. The lowest BCUT2D eigenvalue weighted by molar-refractivity contribution is 0.156. The van der Waals surface area contributed by atoms with Gasteiger partial charge in [0.1, 0.15) is 0 Å². The van der Waals surface area contributed by atoms with Crippen molar-refractivity contribution in [3.8, 4) is 0 Å². The van der Waals surface area contributed by atoms with Gasteiger partial charge in [-0.2, -0.15) is 0 Å². The normalized spacial score (nSPS) is 37.0. The number of hydrogen-bond donors (Lipinski definition) is 1. The Morgan fingerprint density at radius 1 is 1.38 bits per heavy atom. The van der Waals surface area contributed by atoms with Crippen molar-refractivity contribution in [1.29, 1.82) is 0 Å². The van der Waals surface area contributed by atoms with Crippen LogP contribution in [0.1, 0.15) is 29.9 Å². The Morgan fingerprint density at radius 2 is 2.29 bits per heavy atom. The highest BCUT2D eigenvalue weighted by molar-refractivity contribution is 5.80. The van der Waals surface area contributed by atoms with Crippen LogP contribution in [0.4, 0.5) is 0 Å². The average molecular weight is 325 g/mol. The van der Waals surface area contributed by atoms with E-state index in [-0.39, 0.29) is 0 Å². The van der Waals surface area contributed by atoms with E-state index in [0.29, 0.717) is 5.41 Å². The van der Waals surface area contributed by atoms with Crippen molar-refractivity contribution in [2.45, 2.75) is 25.2 Å². The quantitative estimate of drug-likeness (QED) is 0.669. The lowest BCUT2D eigenvalue weighted by Crippen LogP contribution is -2.42. The average Bonchev–Trinajstić information content (AvgIpc) is 3.03. The first-order valence-corrected chi connectivity index (χ1v) is 9.41. The molecular weight excluding hydrogens is 298 g/mol. The highest BCUT2D eigenvalue weighted by Gasteiger charge is 2.55. The predicted octanol–water partition coefficient (Wildman–Crippen LogP) is 2.26. The molecule has 5 rings (SSSR count). The summed E-state index contributed by atoms with van der Waals surface area (Å²) in [6, 6.07) is 9.00. The van der Waals surface area contributed by atoms with Crippen LogP contribution in [-0.4, -0.2) is 50.8 Å². The molecule has 24 heavy (non-hydrogen) atoms. The molecule has 1 spiro atoms. The largest absolute Gasteiger partial charge is 0.381 e. The highest BCUT2D eigenvalue weighted by atomic mass is 16.5. The second-order valence-electron chi connectivity index (χ2n) is 8.16. The number of ether oxygens (including phenoxy) is 1. The minimum absolute atomic E-state index is 0.395. The lowest BCUT2D eigenvalue weighted by atomic mass is 9.87. The molecule has 4 nitrogen and oxygen atoms in total. The van der Waals surface area contributed by atoms with Gasteiger partial charge in [-0.3, -0.25) is 4.99 Å². The lowest BCUT2D eigenvalue weighted by Gasteiger charge is -2.25. The Balaban J connectivity index is 1.19. The number of guanidine groups is 1. The summed E-state index contributed by atoms with van der Waals surface area (Å²) in [6.45, 7) is 5.15. The van der Waals surface area contributed by atoms with Crippen molar-refractivity contribution in [2.24, 2.45) is 22.2 Å². The van der Waals surface area contributed by atoms with E-state index in [2.05, 4.69) is 39.5 Å². The summed E-state index contributed by atoms with van der Waals surface area (Å²) in [5.41, 5.74) is 3.58. The Hall–Kier alpha value is -1.55. The number of hydrogen-bond acceptors (Lipinski definition) is 2. The Labute approximate surface area is 144 Å². The molecule has 4 aliphatic rings. The molecule has 2 heterocycles. The van der Waals surface area contributed by atoms with E-state index in [1.807, 2.05) is 7.05 Å². The minimum atomic E-state index is 0.395. The van der Waals surface area contributed by atoms with E-state index in [1.165, 1.54) is 19.3 Å². The fraction of sp³-hybridized carbons (Fsp3) is 0.650. The standard InChI is InChI=1S/C20H27N3O/c1-21-19(23-8-6-20(12-23)7-9-24-13-20)22-11-17-16-10-14-4-2-3-5-15(14)18(16)17/h2-5,16-18H,6-13H2,1H3,(H,21,22). The molecule has 128 valence electrons. The van der Waals surface area contributed by atoms with Crippen molar-refractivity contribution in [3.63, 3.8) is 0 Å². The van der Waals surface area contributed by atoms with E-state index in [4.69, 9.17) is 4.74 Å². The minimum Gasteiger partial charge on any atom is -0.381 e. The molecule has 0 amide bonds. The second-order valence-corrected chi connectivity index (χ2v) is 8.16. The third-order valence-corrected chi connectivity index (χ3v) is 6.83. The summed E-state index contributed by atoms with van der Waals surface area (Å²) in [6.07, 6.45) is 3.73. The van der Waals surface area contributed by atoms with E-state index in [1.54, 1.807) is 11.1 Å². The zero-order valence-electron chi connectivity index (χ0n) is 14.5. The molecule has 1 aromatic rings. The first-order chi connectivity index (χ1) is 11.8. The van der Waals surface area contributed by atoms with Crippen molar-refractivity contribution in [1.82, 2.24) is 10.2 Å². The summed E-state index contributed by atoms with van der Waals surface area (Å²) in [5.74, 6) is 3.54. The SMILES string of the molecule is CN=C(NCC1C2Cc3ccccc3C12)N1CCC2(CCOC2)C1. The summed E-state index contributed by atoms with van der Waals surface area (Å²) in [4.78, 5) is 7.00. The Bertz CT molecular complexity index is 665. The fourth-order valence-electron chi connectivity index (χ4n) is 5.39. The Kier molecular flexibility index (Phi) is 3.37. The molecule has 4 unspecified atom stereocenters. The van der Waals surface area contributed by atoms with Crippen LogP contribution in [0.15, 0.2) is 29.3 Å². The molecule has 2 aliphatic heterocycles. The van der Waals surface area contributed by atoms with E-state index >= 15 is 0 Å². The third-order valence-electron chi connectivity index (χ3n) is 6.83. The number of aliphatic imine (C=N–C) groups is 1. The van der Waals surface area contributed by atoms with Crippen molar-refractivity contribution < 1.29 is 4.74 Å². The molecule has 4 heteroatoms. The van der Waals surface area contributed by atoms with Gasteiger partial charge in [-0.15, -0.1) is 0 Å². The first kappa shape index (κ1) is 14.8. The third kappa shape index (κ3) is 2.26. The van der Waals surface area contributed by atoms with Gasteiger partial charge in [-0.1, -0.05) is 24.3 Å². The smallest absolute Gasteiger partial charge is 0.193 e. The molecule has 0 bridgehead atoms. The number of nitrogens with zero attached hydrogens (tertiary/aromatic N) is 2. The van der Waals surface area contributed by atoms with Crippen LogP contribution >= 0.6 is 0 Å². The van der Waals surface area contributed by atoms with Crippen molar-refractivity contribution in [3.05, 3.63) is 35.4 Å². The molecule has 4 atom stereocenters. The van der Waals surface area contributed by atoms with Crippen LogP contribution in [0, 0.1) is 17.3 Å². The van der Waals surface area contributed by atoms with E-state index < -0.39 is 0 Å². The maximum absolute atomic E-state index is 5.65. The summed E-state index contributed by atoms with van der Waals surface area (Å²) < 4.78 is 5.65. The highest BCUT2D eigenvalue weighted by Crippen LogP contribution is 2.60. The molecule has 0 radical (unpaired) electrons. The molecule has 1 N–H and O–H groups in total. The topological polar surface area (TPSA) is 36.9 Å². The maximum atomic E-state index is 5.65. The zero-order valence-corrected chi connectivity index (χ0v) is 14.5. The first-order valence-electron chi connectivity index (χ1n) is 9.41. The van der Waals surface area contributed by atoms with Crippen LogP contribution in [0.2, 0.25) is 0 Å². The van der Waals surface area contributed by atoms with Gasteiger partial charge in [-0.25, -0.2) is 0 Å². The molecule has 1 saturated carbocycles. The maximum Gasteiger partial charge on any atom is 0.193 e. The van der Waals surface area contributed by atoms with Gasteiger partial charge in [0.2, 0.25) is 0 Å². The predicted molar refractivity (Wildman–Crippen MR) is 95.3 cm³/mol. The van der Waals surface area contributed by atoms with Crippen LogP contribution in [0.3, 0.4) is 0 Å². The zero-order chi connectivity index (χ0) is 16.1. The van der Waals surface area contributed by atoms with Gasteiger partial charge in [0.05, 0.1) is 6.61 Å². The molecule has 0 aromatic heterocycles. The van der Waals surface area contributed by atoms with Crippen molar-refractivity contribution >= 4 is 5.96 Å². The van der Waals surface area contributed by atoms with Crippen LogP contribution < -0.4 is 5.32 Å². The van der Waals surface area contributed by atoms with Gasteiger partial charge >= 0.3 is 0 Å². The number of benzene rings is 1. The van der Waals surface area contributed by atoms with Crippen molar-refractivity contribution in [2.75, 3.05) is 39.9 Å². The van der Waals surface area contributed by atoms with Gasteiger partial charge in [0.15, 0.2) is 5.96 Å². The molecule has 2 aliphatic carbocycles. The van der Waals surface area contributed by atoms with Gasteiger partial charge in [0.25, 0.3) is 0 Å². The summed E-state index contributed by atoms with van der Waals surface area (Å²) >= 11 is 0. The monoisotopic (exact) mass is 325 g/mol. The van der Waals surface area contributed by atoms with Crippen LogP contribution in [-0.2, 0) is 11.2 Å². The van der Waals surface area contributed by atoms with Gasteiger partial charge in [0, 0.05) is 38.7 Å². The number of fused-ring (bicyclic) bond motifs is 3. The van der Waals surface area contributed by atoms with Gasteiger partial charge < -0.3 is 15.0 Å². The van der Waals surface area contributed by atoms with Crippen LogP contribution in [0.25, 0.3) is 0 Å². The second kappa shape index (κ2) is 5.48. The van der Waals surface area contributed by atoms with Crippen LogP contribution in [0.5, 0.6) is 0 Å². The summed E-state index contributed by atoms with van der Waals surface area (Å²) in [7, 11) is 1.92. The number of nitrogens with one attached hydrogen (secondary N) is 1. The molecule has 1 aromatic carbocycles. The molecular formula is C20H27N3O.